The first-order valence-electron chi connectivity index (χ1n) is 8.63. The van der Waals surface area contributed by atoms with E-state index in [4.69, 9.17) is 0 Å². The van der Waals surface area contributed by atoms with Crippen LogP contribution >= 0.6 is 0 Å². The van der Waals surface area contributed by atoms with Crippen LogP contribution in [0.15, 0.2) is 85.5 Å². The summed E-state index contributed by atoms with van der Waals surface area (Å²) in [7, 11) is 0. The molecule has 0 spiro atoms. The fourth-order valence-electron chi connectivity index (χ4n) is 3.22. The van der Waals surface area contributed by atoms with Gasteiger partial charge in [0.1, 0.15) is 17.2 Å². The number of rotatable bonds is 5. The van der Waals surface area contributed by atoms with Crippen LogP contribution in [0.25, 0.3) is 11.1 Å². The maximum Gasteiger partial charge on any atom is 0.123 e. The van der Waals surface area contributed by atoms with Gasteiger partial charge in [0.05, 0.1) is 0 Å². The highest BCUT2D eigenvalue weighted by atomic mass is 19.1. The molecule has 134 valence electrons. The van der Waals surface area contributed by atoms with Crippen LogP contribution in [0, 0.1) is 5.82 Å². The van der Waals surface area contributed by atoms with Crippen molar-refractivity contribution in [2.24, 2.45) is 0 Å². The van der Waals surface area contributed by atoms with Crippen molar-refractivity contribution in [2.75, 3.05) is 0 Å². The van der Waals surface area contributed by atoms with Crippen LogP contribution in [0.1, 0.15) is 17.0 Å². The molecule has 0 radical (unpaired) electrons. The van der Waals surface area contributed by atoms with Crippen LogP contribution in [0.5, 0.6) is 0 Å². The third-order valence-electron chi connectivity index (χ3n) is 4.68. The average molecular weight is 359 g/mol. The molecule has 0 bridgehead atoms. The van der Waals surface area contributed by atoms with Crippen molar-refractivity contribution in [3.05, 3.63) is 108 Å². The van der Waals surface area contributed by atoms with Crippen molar-refractivity contribution >= 4 is 0 Å². The SMILES string of the molecule is OC(Cc1ncc[nH]1)(c1ccc(F)cc1)c1ccc(-c2ccncc2)cc1. The molecule has 0 fully saturated rings. The highest BCUT2D eigenvalue weighted by Crippen LogP contribution is 2.34. The number of benzene rings is 2. The topological polar surface area (TPSA) is 61.8 Å². The molecule has 5 heteroatoms. The number of hydrogen-bond donors (Lipinski definition) is 2. The standard InChI is InChI=1S/C22H18FN3O/c23-20-7-5-19(6-8-20)22(27,15-21-25-13-14-26-21)18-3-1-16(2-4-18)17-9-11-24-12-10-17/h1-14,27H,15H2,(H,25,26). The Morgan fingerprint density at radius 3 is 2.00 bits per heavy atom. The Hall–Kier alpha value is -3.31. The predicted octanol–water partition coefficient (Wildman–Crippen LogP) is 4.09. The van der Waals surface area contributed by atoms with Gasteiger partial charge in [0.2, 0.25) is 0 Å². The second-order valence-electron chi connectivity index (χ2n) is 6.39. The van der Waals surface area contributed by atoms with Gasteiger partial charge in [0.25, 0.3) is 0 Å². The molecule has 0 aliphatic rings. The van der Waals surface area contributed by atoms with Crippen molar-refractivity contribution in [2.45, 2.75) is 12.0 Å². The van der Waals surface area contributed by atoms with Gasteiger partial charge in [-0.05, 0) is 46.5 Å². The van der Waals surface area contributed by atoms with E-state index in [0.29, 0.717) is 17.0 Å². The highest BCUT2D eigenvalue weighted by molar-refractivity contribution is 5.63. The molecule has 1 unspecified atom stereocenters. The molecule has 27 heavy (non-hydrogen) atoms. The van der Waals surface area contributed by atoms with E-state index < -0.39 is 5.60 Å². The number of aromatic amines is 1. The van der Waals surface area contributed by atoms with Gasteiger partial charge in [-0.15, -0.1) is 0 Å². The first-order chi connectivity index (χ1) is 13.1. The smallest absolute Gasteiger partial charge is 0.123 e. The van der Waals surface area contributed by atoms with Crippen molar-refractivity contribution < 1.29 is 9.50 Å². The Balaban J connectivity index is 1.75. The van der Waals surface area contributed by atoms with Crippen LogP contribution < -0.4 is 0 Å². The third-order valence-corrected chi connectivity index (χ3v) is 4.68. The summed E-state index contributed by atoms with van der Waals surface area (Å²) < 4.78 is 13.4. The molecule has 0 saturated heterocycles. The minimum absolute atomic E-state index is 0.250. The first-order valence-corrected chi connectivity index (χ1v) is 8.63. The van der Waals surface area contributed by atoms with Gasteiger partial charge in [-0.2, -0.15) is 0 Å². The minimum atomic E-state index is -1.33. The quantitative estimate of drug-likeness (QED) is 0.564. The Morgan fingerprint density at radius 1 is 0.815 bits per heavy atom. The molecule has 4 rings (SSSR count). The lowest BCUT2D eigenvalue weighted by Gasteiger charge is -2.29. The zero-order valence-corrected chi connectivity index (χ0v) is 14.5. The summed E-state index contributed by atoms with van der Waals surface area (Å²) in [6.45, 7) is 0. The Bertz CT molecular complexity index is 1000. The number of hydrogen-bond acceptors (Lipinski definition) is 3. The van der Waals surface area contributed by atoms with E-state index in [1.165, 1.54) is 12.1 Å². The summed E-state index contributed by atoms with van der Waals surface area (Å²) in [5.74, 6) is 0.312. The molecule has 2 aromatic carbocycles. The number of aromatic nitrogens is 3. The third kappa shape index (κ3) is 3.50. The molecule has 2 aromatic heterocycles. The highest BCUT2D eigenvalue weighted by Gasteiger charge is 2.33. The van der Waals surface area contributed by atoms with E-state index in [1.54, 1.807) is 36.9 Å². The Labute approximate surface area is 156 Å². The van der Waals surface area contributed by atoms with Gasteiger partial charge in [-0.25, -0.2) is 9.37 Å². The molecule has 1 atom stereocenters. The summed E-state index contributed by atoms with van der Waals surface area (Å²) in [5.41, 5.74) is 2.07. The lowest BCUT2D eigenvalue weighted by Crippen LogP contribution is -2.30. The molecule has 2 heterocycles. The van der Waals surface area contributed by atoms with Crippen LogP contribution in [0.3, 0.4) is 0 Å². The van der Waals surface area contributed by atoms with Crippen LogP contribution in [-0.2, 0) is 12.0 Å². The van der Waals surface area contributed by atoms with E-state index in [1.807, 2.05) is 36.4 Å². The number of aliphatic hydroxyl groups is 1. The predicted molar refractivity (Wildman–Crippen MR) is 101 cm³/mol. The minimum Gasteiger partial charge on any atom is -0.380 e. The number of halogens is 1. The van der Waals surface area contributed by atoms with Gasteiger partial charge >= 0.3 is 0 Å². The number of nitrogens with zero attached hydrogens (tertiary/aromatic N) is 2. The zero-order valence-electron chi connectivity index (χ0n) is 14.5. The molecule has 4 nitrogen and oxygen atoms in total. The van der Waals surface area contributed by atoms with E-state index in [0.717, 1.165) is 11.1 Å². The average Bonchev–Trinajstić information content (AvgIpc) is 3.22. The number of nitrogens with one attached hydrogen (secondary N) is 1. The van der Waals surface area contributed by atoms with Crippen molar-refractivity contribution in [1.29, 1.82) is 0 Å². The van der Waals surface area contributed by atoms with Gasteiger partial charge in [0, 0.05) is 31.2 Å². The maximum atomic E-state index is 13.4. The fraction of sp³-hybridized carbons (Fsp3) is 0.0909. The van der Waals surface area contributed by atoms with Crippen molar-refractivity contribution in [3.8, 4) is 11.1 Å². The second-order valence-corrected chi connectivity index (χ2v) is 6.39. The first kappa shape index (κ1) is 17.1. The summed E-state index contributed by atoms with van der Waals surface area (Å²) in [6, 6.07) is 17.5. The summed E-state index contributed by atoms with van der Waals surface area (Å²) >= 11 is 0. The molecule has 0 aliphatic heterocycles. The van der Waals surface area contributed by atoms with Gasteiger partial charge in [-0.3, -0.25) is 4.98 Å². The van der Waals surface area contributed by atoms with Crippen LogP contribution in [-0.4, -0.2) is 20.1 Å². The summed E-state index contributed by atoms with van der Waals surface area (Å²) in [4.78, 5) is 11.3. The maximum absolute atomic E-state index is 13.4. The van der Waals surface area contributed by atoms with E-state index >= 15 is 0 Å². The summed E-state index contributed by atoms with van der Waals surface area (Å²) in [5, 5.41) is 11.6. The van der Waals surface area contributed by atoms with E-state index in [9.17, 15) is 9.50 Å². The largest absolute Gasteiger partial charge is 0.380 e. The Morgan fingerprint density at radius 2 is 1.41 bits per heavy atom. The molecular weight excluding hydrogens is 341 g/mol. The molecule has 2 N–H and O–H groups in total. The van der Waals surface area contributed by atoms with E-state index in [2.05, 4.69) is 15.0 Å². The molecule has 0 amide bonds. The molecule has 0 saturated carbocycles. The monoisotopic (exact) mass is 359 g/mol. The normalized spacial score (nSPS) is 13.3. The fourth-order valence-corrected chi connectivity index (χ4v) is 3.22. The molecular formula is C22H18FN3O. The van der Waals surface area contributed by atoms with Crippen LogP contribution in [0.2, 0.25) is 0 Å². The zero-order chi connectivity index (χ0) is 18.7. The van der Waals surface area contributed by atoms with Gasteiger partial charge in [-0.1, -0.05) is 36.4 Å². The number of H-pyrrole nitrogens is 1. The number of pyridine rings is 1. The second kappa shape index (κ2) is 7.13. The van der Waals surface area contributed by atoms with Crippen LogP contribution in [0.4, 0.5) is 4.39 Å². The van der Waals surface area contributed by atoms with Gasteiger partial charge in [0.15, 0.2) is 0 Å². The number of imidazole rings is 1. The van der Waals surface area contributed by atoms with Gasteiger partial charge < -0.3 is 10.1 Å². The Kier molecular flexibility index (Phi) is 4.52. The van der Waals surface area contributed by atoms with Crippen molar-refractivity contribution in [1.82, 2.24) is 15.0 Å². The lowest BCUT2D eigenvalue weighted by atomic mass is 9.82. The summed E-state index contributed by atoms with van der Waals surface area (Å²) in [6.07, 6.45) is 7.10. The lowest BCUT2D eigenvalue weighted by molar-refractivity contribution is 0.0790. The van der Waals surface area contributed by atoms with Crippen molar-refractivity contribution in [3.63, 3.8) is 0 Å². The molecule has 0 aliphatic carbocycles. The van der Waals surface area contributed by atoms with E-state index in [-0.39, 0.29) is 12.2 Å². The molecule has 4 aromatic rings.